The van der Waals surface area contributed by atoms with E-state index in [1.54, 1.807) is 0 Å². The van der Waals surface area contributed by atoms with E-state index in [2.05, 4.69) is 10.6 Å². The molecule has 0 aliphatic carbocycles. The van der Waals surface area contributed by atoms with Crippen LogP contribution >= 0.6 is 0 Å². The largest absolute Gasteiger partial charge is 0.381 e. The Morgan fingerprint density at radius 1 is 1.40 bits per heavy atom. The monoisotopic (exact) mass is 284 g/mol. The third kappa shape index (κ3) is 4.45. The van der Waals surface area contributed by atoms with Gasteiger partial charge in [0, 0.05) is 25.8 Å². The first-order chi connectivity index (χ1) is 9.65. The summed E-state index contributed by atoms with van der Waals surface area (Å²) in [5, 5.41) is 5.01. The number of anilines is 1. The normalized spacial score (nSPS) is 18.6. The molecular weight excluding hydrogens is 266 g/mol. The fourth-order valence-corrected chi connectivity index (χ4v) is 2.18. The molecule has 1 unspecified atom stereocenters. The molecule has 6 heteroatoms. The summed E-state index contributed by atoms with van der Waals surface area (Å²) in [4.78, 5) is 11.6. The molecule has 1 atom stereocenters. The number of halogens is 2. The summed E-state index contributed by atoms with van der Waals surface area (Å²) in [7, 11) is 0. The molecule has 0 spiro atoms. The minimum absolute atomic E-state index is 0.0371. The van der Waals surface area contributed by atoms with Crippen molar-refractivity contribution in [1.82, 2.24) is 5.32 Å². The van der Waals surface area contributed by atoms with Crippen molar-refractivity contribution in [2.24, 2.45) is 5.92 Å². The molecule has 0 aromatic heterocycles. The first kappa shape index (κ1) is 14.7. The Hall–Kier alpha value is -1.69. The van der Waals surface area contributed by atoms with Crippen LogP contribution in [0.3, 0.4) is 0 Å². The van der Waals surface area contributed by atoms with Gasteiger partial charge in [0.25, 0.3) is 0 Å². The molecule has 1 heterocycles. The van der Waals surface area contributed by atoms with E-state index in [4.69, 9.17) is 4.74 Å². The lowest BCUT2D eigenvalue weighted by molar-refractivity contribution is 0.0520. The third-order valence-corrected chi connectivity index (χ3v) is 3.27. The van der Waals surface area contributed by atoms with Crippen molar-refractivity contribution in [3.63, 3.8) is 0 Å². The molecule has 0 bridgehead atoms. The van der Waals surface area contributed by atoms with E-state index >= 15 is 0 Å². The van der Waals surface area contributed by atoms with Crippen molar-refractivity contribution in [2.75, 3.05) is 25.1 Å². The molecule has 0 radical (unpaired) electrons. The van der Waals surface area contributed by atoms with Gasteiger partial charge in [-0.15, -0.1) is 0 Å². The number of ether oxygens (including phenoxy) is 1. The smallest absolute Gasteiger partial charge is 0.319 e. The van der Waals surface area contributed by atoms with Crippen LogP contribution in [0.5, 0.6) is 0 Å². The van der Waals surface area contributed by atoms with Gasteiger partial charge in [-0.3, -0.25) is 0 Å². The van der Waals surface area contributed by atoms with Crippen LogP contribution in [0.15, 0.2) is 18.2 Å². The summed E-state index contributed by atoms with van der Waals surface area (Å²) >= 11 is 0. The van der Waals surface area contributed by atoms with Gasteiger partial charge in [0.05, 0.1) is 5.69 Å². The molecule has 1 aromatic carbocycles. The van der Waals surface area contributed by atoms with Gasteiger partial charge in [0.2, 0.25) is 0 Å². The molecular formula is C14H18F2N2O2. The van der Waals surface area contributed by atoms with Crippen molar-refractivity contribution >= 4 is 11.7 Å². The molecule has 1 aromatic rings. The van der Waals surface area contributed by atoms with Gasteiger partial charge in [-0.05, 0) is 37.3 Å². The minimum Gasteiger partial charge on any atom is -0.381 e. The number of benzene rings is 1. The van der Waals surface area contributed by atoms with Gasteiger partial charge in [-0.25, -0.2) is 13.6 Å². The van der Waals surface area contributed by atoms with Gasteiger partial charge in [0.1, 0.15) is 11.6 Å². The second kappa shape index (κ2) is 7.19. The SMILES string of the molecule is O=C(NCCC1CCCOC1)Nc1ccc(F)cc1F. The molecule has 1 saturated heterocycles. The average molecular weight is 284 g/mol. The first-order valence-corrected chi connectivity index (χ1v) is 6.73. The van der Waals surface area contributed by atoms with Crippen LogP contribution in [-0.4, -0.2) is 25.8 Å². The Bertz CT molecular complexity index is 462. The highest BCUT2D eigenvalue weighted by atomic mass is 19.1. The average Bonchev–Trinajstić information content (AvgIpc) is 2.43. The predicted molar refractivity (Wildman–Crippen MR) is 71.5 cm³/mol. The maximum Gasteiger partial charge on any atom is 0.319 e. The number of carbonyl (C=O) groups excluding carboxylic acids is 1. The van der Waals surface area contributed by atoms with Crippen LogP contribution in [0, 0.1) is 17.6 Å². The van der Waals surface area contributed by atoms with Crippen LogP contribution in [0.4, 0.5) is 19.3 Å². The van der Waals surface area contributed by atoms with Crippen LogP contribution < -0.4 is 10.6 Å². The number of rotatable bonds is 4. The molecule has 2 N–H and O–H groups in total. The topological polar surface area (TPSA) is 50.4 Å². The number of nitrogens with one attached hydrogen (secondary N) is 2. The first-order valence-electron chi connectivity index (χ1n) is 6.73. The highest BCUT2D eigenvalue weighted by molar-refractivity contribution is 5.89. The summed E-state index contributed by atoms with van der Waals surface area (Å²) in [5.74, 6) is -1.00. The second-order valence-corrected chi connectivity index (χ2v) is 4.88. The maximum atomic E-state index is 13.3. The van der Waals surface area contributed by atoms with Gasteiger partial charge in [-0.2, -0.15) is 0 Å². The maximum absolute atomic E-state index is 13.3. The Kier molecular flexibility index (Phi) is 5.29. The summed E-state index contributed by atoms with van der Waals surface area (Å²) in [5.41, 5.74) is -0.0371. The van der Waals surface area contributed by atoms with Crippen molar-refractivity contribution in [1.29, 1.82) is 0 Å². The Morgan fingerprint density at radius 3 is 2.95 bits per heavy atom. The lowest BCUT2D eigenvalue weighted by Gasteiger charge is -2.21. The standard InChI is InChI=1S/C14H18F2N2O2/c15-11-3-4-13(12(16)8-11)18-14(19)17-6-5-10-2-1-7-20-9-10/h3-4,8,10H,1-2,5-7,9H2,(H2,17,18,19). The number of urea groups is 1. The van der Waals surface area contributed by atoms with Gasteiger partial charge in [-0.1, -0.05) is 0 Å². The molecule has 20 heavy (non-hydrogen) atoms. The van der Waals surface area contributed by atoms with Crippen LogP contribution in [0.1, 0.15) is 19.3 Å². The number of amides is 2. The highest BCUT2D eigenvalue weighted by Crippen LogP contribution is 2.17. The fourth-order valence-electron chi connectivity index (χ4n) is 2.18. The number of hydrogen-bond donors (Lipinski definition) is 2. The van der Waals surface area contributed by atoms with Crippen molar-refractivity contribution in [2.45, 2.75) is 19.3 Å². The van der Waals surface area contributed by atoms with Gasteiger partial charge < -0.3 is 15.4 Å². The highest BCUT2D eigenvalue weighted by Gasteiger charge is 2.14. The lowest BCUT2D eigenvalue weighted by Crippen LogP contribution is -2.32. The molecule has 110 valence electrons. The third-order valence-electron chi connectivity index (χ3n) is 3.27. The van der Waals surface area contributed by atoms with Crippen molar-refractivity contribution < 1.29 is 18.3 Å². The fraction of sp³-hybridized carbons (Fsp3) is 0.500. The van der Waals surface area contributed by atoms with Crippen LogP contribution in [0.2, 0.25) is 0 Å². The summed E-state index contributed by atoms with van der Waals surface area (Å²) < 4.78 is 31.4. The molecule has 0 saturated carbocycles. The molecule has 2 amide bonds. The van der Waals surface area contributed by atoms with E-state index in [1.807, 2.05) is 0 Å². The van der Waals surface area contributed by atoms with Gasteiger partial charge >= 0.3 is 6.03 Å². The second-order valence-electron chi connectivity index (χ2n) is 4.88. The molecule has 1 fully saturated rings. The minimum atomic E-state index is -0.791. The van der Waals surface area contributed by atoms with Crippen molar-refractivity contribution in [3.8, 4) is 0 Å². The van der Waals surface area contributed by atoms with Crippen molar-refractivity contribution in [3.05, 3.63) is 29.8 Å². The van der Waals surface area contributed by atoms with E-state index in [1.165, 1.54) is 6.07 Å². The van der Waals surface area contributed by atoms with E-state index < -0.39 is 17.7 Å². The zero-order chi connectivity index (χ0) is 14.4. The Labute approximate surface area is 116 Å². The van der Waals surface area contributed by atoms with E-state index in [0.717, 1.165) is 44.6 Å². The zero-order valence-corrected chi connectivity index (χ0v) is 11.1. The lowest BCUT2D eigenvalue weighted by atomic mass is 9.99. The van der Waals surface area contributed by atoms with E-state index in [0.29, 0.717) is 12.5 Å². The molecule has 1 aliphatic rings. The summed E-state index contributed by atoms with van der Waals surface area (Å²) in [6, 6.07) is 2.53. The predicted octanol–water partition coefficient (Wildman–Crippen LogP) is 2.90. The summed E-state index contributed by atoms with van der Waals surface area (Å²) in [6.07, 6.45) is 2.99. The molecule has 4 nitrogen and oxygen atoms in total. The van der Waals surface area contributed by atoms with Crippen LogP contribution in [-0.2, 0) is 4.74 Å². The Balaban J connectivity index is 1.72. The number of hydrogen-bond acceptors (Lipinski definition) is 2. The zero-order valence-electron chi connectivity index (χ0n) is 11.1. The summed E-state index contributed by atoms with van der Waals surface area (Å²) in [6.45, 7) is 2.05. The molecule has 1 aliphatic heterocycles. The van der Waals surface area contributed by atoms with Gasteiger partial charge in [0.15, 0.2) is 0 Å². The quantitative estimate of drug-likeness (QED) is 0.893. The molecule has 2 rings (SSSR count). The van der Waals surface area contributed by atoms with Crippen LogP contribution in [0.25, 0.3) is 0 Å². The number of carbonyl (C=O) groups is 1. The Morgan fingerprint density at radius 2 is 2.25 bits per heavy atom. The van der Waals surface area contributed by atoms with E-state index in [-0.39, 0.29) is 5.69 Å². The van der Waals surface area contributed by atoms with E-state index in [9.17, 15) is 13.6 Å².